The van der Waals surface area contributed by atoms with Gasteiger partial charge in [-0.05, 0) is 44.7 Å². The molecule has 0 aliphatic heterocycles. The van der Waals surface area contributed by atoms with Crippen molar-refractivity contribution in [1.29, 1.82) is 0 Å². The van der Waals surface area contributed by atoms with Crippen molar-refractivity contribution in [2.45, 2.75) is 72.2 Å². The predicted molar refractivity (Wildman–Crippen MR) is 138 cm³/mol. The fourth-order valence-electron chi connectivity index (χ4n) is 3.74. The van der Waals surface area contributed by atoms with E-state index in [1.165, 1.54) is 4.90 Å². The maximum Gasteiger partial charge on any atom is 0.408 e. The summed E-state index contributed by atoms with van der Waals surface area (Å²) in [7, 11) is 1.60. The van der Waals surface area contributed by atoms with Gasteiger partial charge in [0.25, 0.3) is 0 Å². The van der Waals surface area contributed by atoms with Gasteiger partial charge in [0.05, 0.1) is 0 Å². The van der Waals surface area contributed by atoms with Gasteiger partial charge < -0.3 is 20.3 Å². The average Bonchev–Trinajstić information content (AvgIpc) is 2.80. The molecular weight excluding hydrogens is 442 g/mol. The zero-order chi connectivity index (χ0) is 26.2. The first-order valence-corrected chi connectivity index (χ1v) is 12.1. The molecule has 3 atom stereocenters. The van der Waals surface area contributed by atoms with Gasteiger partial charge in [0, 0.05) is 13.6 Å². The molecule has 3 amide bonds. The van der Waals surface area contributed by atoms with E-state index in [1.54, 1.807) is 27.8 Å². The van der Waals surface area contributed by atoms with Gasteiger partial charge in [-0.25, -0.2) is 4.79 Å². The molecule has 0 fully saturated rings. The van der Waals surface area contributed by atoms with Crippen molar-refractivity contribution < 1.29 is 19.1 Å². The lowest BCUT2D eigenvalue weighted by molar-refractivity contribution is -0.141. The molecule has 2 N–H and O–H groups in total. The maximum absolute atomic E-state index is 13.7. The highest BCUT2D eigenvalue weighted by Gasteiger charge is 2.36. The number of hydrogen-bond acceptors (Lipinski definition) is 4. The molecule has 0 radical (unpaired) electrons. The Kier molecular flexibility index (Phi) is 9.87. The Morgan fingerprint density at radius 2 is 1.69 bits per heavy atom. The molecule has 0 heterocycles. The Morgan fingerprint density at radius 3 is 2.26 bits per heavy atom. The number of nitrogens with one attached hydrogen (secondary N) is 2. The third-order valence-electron chi connectivity index (χ3n) is 5.80. The average molecular weight is 482 g/mol. The summed E-state index contributed by atoms with van der Waals surface area (Å²) >= 11 is 0. The smallest absolute Gasteiger partial charge is 0.408 e. The number of alkyl carbamates (subject to hydrolysis) is 1. The van der Waals surface area contributed by atoms with Crippen LogP contribution in [0.15, 0.2) is 54.6 Å². The van der Waals surface area contributed by atoms with Gasteiger partial charge in [-0.15, -0.1) is 0 Å². The molecule has 0 aromatic heterocycles. The van der Waals surface area contributed by atoms with Crippen LogP contribution < -0.4 is 10.6 Å². The zero-order valence-corrected chi connectivity index (χ0v) is 21.9. The van der Waals surface area contributed by atoms with Gasteiger partial charge in [0.2, 0.25) is 11.8 Å². The standard InChI is InChI=1S/C28H39N3O4/c1-8-20(3)23(30-27(34)35-28(4,5)6)26(33)31(7)24(22-16-12-13-19(2)17-22)25(32)29-18-21-14-10-9-11-15-21/h9-17,20,23-24H,8,18H2,1-7H3,(H,29,32)(H,30,34). The maximum atomic E-state index is 13.7. The number of benzene rings is 2. The predicted octanol–water partition coefficient (Wildman–Crippen LogP) is 4.75. The number of carbonyl (C=O) groups is 3. The Bertz CT molecular complexity index is 1000. The van der Waals surface area contributed by atoms with E-state index in [0.29, 0.717) is 18.5 Å². The van der Waals surface area contributed by atoms with E-state index in [9.17, 15) is 14.4 Å². The van der Waals surface area contributed by atoms with Crippen molar-refractivity contribution in [3.05, 3.63) is 71.3 Å². The molecule has 2 aromatic carbocycles. The van der Waals surface area contributed by atoms with E-state index >= 15 is 0 Å². The molecule has 190 valence electrons. The quantitative estimate of drug-likeness (QED) is 0.541. The third-order valence-corrected chi connectivity index (χ3v) is 5.80. The van der Waals surface area contributed by atoms with Gasteiger partial charge in [0.1, 0.15) is 17.7 Å². The molecule has 7 nitrogen and oxygen atoms in total. The molecular formula is C28H39N3O4. The molecule has 3 unspecified atom stereocenters. The molecule has 0 saturated heterocycles. The monoisotopic (exact) mass is 481 g/mol. The zero-order valence-electron chi connectivity index (χ0n) is 21.9. The second kappa shape index (κ2) is 12.4. The van der Waals surface area contributed by atoms with Crippen LogP contribution in [-0.2, 0) is 20.9 Å². The second-order valence-corrected chi connectivity index (χ2v) is 9.98. The molecule has 7 heteroatoms. The largest absolute Gasteiger partial charge is 0.444 e. The number of hydrogen-bond donors (Lipinski definition) is 2. The van der Waals surface area contributed by atoms with E-state index in [-0.39, 0.29) is 17.7 Å². The van der Waals surface area contributed by atoms with Gasteiger partial charge in [-0.2, -0.15) is 0 Å². The Balaban J connectivity index is 2.32. The van der Waals surface area contributed by atoms with Gasteiger partial charge in [-0.3, -0.25) is 9.59 Å². The van der Waals surface area contributed by atoms with Crippen LogP contribution >= 0.6 is 0 Å². The molecule has 2 aromatic rings. The summed E-state index contributed by atoms with van der Waals surface area (Å²) in [6.45, 7) is 11.4. The summed E-state index contributed by atoms with van der Waals surface area (Å²) in [6, 6.07) is 15.4. The summed E-state index contributed by atoms with van der Waals surface area (Å²) in [6.07, 6.45) is 0.000197. The normalized spacial score (nSPS) is 13.8. The minimum atomic E-state index is -0.863. The highest BCUT2D eigenvalue weighted by molar-refractivity contribution is 5.92. The van der Waals surface area contributed by atoms with Crippen LogP contribution in [0.4, 0.5) is 4.79 Å². The number of aryl methyl sites for hydroxylation is 1. The summed E-state index contributed by atoms with van der Waals surface area (Å²) in [5.74, 6) is -0.815. The van der Waals surface area contributed by atoms with Crippen LogP contribution in [0.5, 0.6) is 0 Å². The first-order valence-electron chi connectivity index (χ1n) is 12.1. The van der Waals surface area contributed by atoms with E-state index in [2.05, 4.69) is 10.6 Å². The number of amides is 3. The van der Waals surface area contributed by atoms with Crippen LogP contribution in [0.1, 0.15) is 63.8 Å². The lowest BCUT2D eigenvalue weighted by Gasteiger charge is -2.33. The molecule has 0 aliphatic rings. The van der Waals surface area contributed by atoms with Crippen LogP contribution in [0.3, 0.4) is 0 Å². The van der Waals surface area contributed by atoms with Crippen molar-refractivity contribution in [2.24, 2.45) is 5.92 Å². The highest BCUT2D eigenvalue weighted by atomic mass is 16.6. The molecule has 0 spiro atoms. The molecule has 0 aliphatic carbocycles. The molecule has 35 heavy (non-hydrogen) atoms. The van der Waals surface area contributed by atoms with Crippen molar-refractivity contribution >= 4 is 17.9 Å². The van der Waals surface area contributed by atoms with Crippen molar-refractivity contribution in [2.75, 3.05) is 7.05 Å². The first-order chi connectivity index (χ1) is 16.4. The minimum Gasteiger partial charge on any atom is -0.444 e. The van der Waals surface area contributed by atoms with Crippen LogP contribution in [0.2, 0.25) is 0 Å². The fraction of sp³-hybridized carbons (Fsp3) is 0.464. The second-order valence-electron chi connectivity index (χ2n) is 9.98. The number of ether oxygens (including phenoxy) is 1. The third kappa shape index (κ3) is 8.42. The molecule has 0 saturated carbocycles. The van der Waals surface area contributed by atoms with Gasteiger partial charge in [0.15, 0.2) is 0 Å². The highest BCUT2D eigenvalue weighted by Crippen LogP contribution is 2.24. The van der Waals surface area contributed by atoms with Crippen LogP contribution in [-0.4, -0.2) is 41.5 Å². The number of carbonyl (C=O) groups excluding carboxylic acids is 3. The summed E-state index contributed by atoms with van der Waals surface area (Å²) < 4.78 is 5.39. The van der Waals surface area contributed by atoms with E-state index in [1.807, 2.05) is 75.4 Å². The Morgan fingerprint density at radius 1 is 1.03 bits per heavy atom. The van der Waals surface area contributed by atoms with E-state index in [4.69, 9.17) is 4.74 Å². The summed E-state index contributed by atoms with van der Waals surface area (Å²) in [5.41, 5.74) is 1.95. The van der Waals surface area contributed by atoms with Crippen molar-refractivity contribution in [1.82, 2.24) is 15.5 Å². The number of nitrogens with zero attached hydrogens (tertiary/aromatic N) is 1. The number of likely N-dealkylation sites (N-methyl/N-ethyl adjacent to an activating group) is 1. The summed E-state index contributed by atoms with van der Waals surface area (Å²) in [5, 5.41) is 5.70. The van der Waals surface area contributed by atoms with E-state index < -0.39 is 23.8 Å². The van der Waals surface area contributed by atoms with Gasteiger partial charge >= 0.3 is 6.09 Å². The Labute approximate surface area is 209 Å². The lowest BCUT2D eigenvalue weighted by Crippen LogP contribution is -2.54. The Hall–Kier alpha value is -3.35. The molecule has 2 rings (SSSR count). The van der Waals surface area contributed by atoms with Crippen molar-refractivity contribution in [3.63, 3.8) is 0 Å². The summed E-state index contributed by atoms with van der Waals surface area (Å²) in [4.78, 5) is 41.1. The number of rotatable bonds is 9. The molecule has 0 bridgehead atoms. The topological polar surface area (TPSA) is 87.7 Å². The first kappa shape index (κ1) is 27.9. The van der Waals surface area contributed by atoms with Crippen LogP contribution in [0.25, 0.3) is 0 Å². The SMILES string of the molecule is CCC(C)C(NC(=O)OC(C)(C)C)C(=O)N(C)C(C(=O)NCc1ccccc1)c1cccc(C)c1. The van der Waals surface area contributed by atoms with Crippen LogP contribution in [0, 0.1) is 12.8 Å². The lowest BCUT2D eigenvalue weighted by atomic mass is 9.96. The van der Waals surface area contributed by atoms with E-state index in [0.717, 1.165) is 11.1 Å². The fourth-order valence-corrected chi connectivity index (χ4v) is 3.74. The van der Waals surface area contributed by atoms with Gasteiger partial charge in [-0.1, -0.05) is 80.4 Å². The minimum absolute atomic E-state index is 0.164. The van der Waals surface area contributed by atoms with Crippen molar-refractivity contribution in [3.8, 4) is 0 Å².